The molecule has 0 radical (unpaired) electrons. The van der Waals surface area contributed by atoms with E-state index in [4.69, 9.17) is 23.1 Å². The van der Waals surface area contributed by atoms with Crippen LogP contribution in [0.5, 0.6) is 0 Å². The van der Waals surface area contributed by atoms with E-state index in [1.807, 2.05) is 24.3 Å². The number of hydrogen-bond donors (Lipinski definition) is 3. The first kappa shape index (κ1) is 20.1. The zero-order valence-electron chi connectivity index (χ0n) is 16.4. The van der Waals surface area contributed by atoms with Gasteiger partial charge in [0.1, 0.15) is 0 Å². The van der Waals surface area contributed by atoms with Gasteiger partial charge in [-0.25, -0.2) is 4.98 Å². The van der Waals surface area contributed by atoms with Crippen molar-refractivity contribution in [3.05, 3.63) is 65.6 Å². The Morgan fingerprint density at radius 2 is 2.03 bits per heavy atom. The predicted molar refractivity (Wildman–Crippen MR) is 121 cm³/mol. The van der Waals surface area contributed by atoms with E-state index in [1.165, 1.54) is 0 Å². The van der Waals surface area contributed by atoms with Crippen LogP contribution in [0.3, 0.4) is 0 Å². The first-order chi connectivity index (χ1) is 14.5. The molecular formula is C22H23ClN6O. The molecular weight excluding hydrogens is 400 g/mol. The molecule has 0 aliphatic carbocycles. The topological polar surface area (TPSA) is 110 Å². The van der Waals surface area contributed by atoms with Crippen molar-refractivity contribution in [1.82, 2.24) is 9.97 Å². The summed E-state index contributed by atoms with van der Waals surface area (Å²) in [6.07, 6.45) is 5.33. The number of nitrogens with two attached hydrogens (primary N) is 2. The van der Waals surface area contributed by atoms with Gasteiger partial charge in [-0.1, -0.05) is 29.8 Å². The summed E-state index contributed by atoms with van der Waals surface area (Å²) in [5.41, 5.74) is 15.4. The normalized spacial score (nSPS) is 16.3. The monoisotopic (exact) mass is 422 g/mol. The Hall–Kier alpha value is -3.16. The molecule has 1 saturated heterocycles. The zero-order chi connectivity index (χ0) is 21.1. The highest BCUT2D eigenvalue weighted by Gasteiger charge is 2.21. The number of hydrogen-bond acceptors (Lipinski definition) is 6. The molecule has 1 aliphatic heterocycles. The molecule has 2 aromatic heterocycles. The number of rotatable bonds is 4. The van der Waals surface area contributed by atoms with Crippen molar-refractivity contribution in [2.24, 2.45) is 5.73 Å². The molecule has 1 aromatic carbocycles. The molecule has 0 unspecified atom stereocenters. The number of nitrogen functional groups attached to an aromatic ring is 1. The number of amides is 1. The van der Waals surface area contributed by atoms with Crippen LogP contribution in [0, 0.1) is 0 Å². The first-order valence-corrected chi connectivity index (χ1v) is 10.2. The Morgan fingerprint density at radius 1 is 1.20 bits per heavy atom. The number of nitrogens with zero attached hydrogens (tertiary/aromatic N) is 3. The van der Waals surface area contributed by atoms with Gasteiger partial charge in [0, 0.05) is 35.9 Å². The van der Waals surface area contributed by atoms with Crippen LogP contribution in [0.25, 0.3) is 11.3 Å². The van der Waals surface area contributed by atoms with E-state index >= 15 is 0 Å². The van der Waals surface area contributed by atoms with E-state index in [9.17, 15) is 4.79 Å². The van der Waals surface area contributed by atoms with Gasteiger partial charge in [0.05, 0.1) is 29.0 Å². The highest BCUT2D eigenvalue weighted by Crippen LogP contribution is 2.30. The smallest absolute Gasteiger partial charge is 0.276 e. The average Bonchev–Trinajstić information content (AvgIpc) is 2.75. The summed E-state index contributed by atoms with van der Waals surface area (Å²) in [5.74, 6) is -0.406. The van der Waals surface area contributed by atoms with Gasteiger partial charge in [-0.15, -0.1) is 0 Å². The molecule has 8 heteroatoms. The van der Waals surface area contributed by atoms with E-state index in [1.54, 1.807) is 30.6 Å². The number of carbonyl (C=O) groups is 1. The Labute approximate surface area is 180 Å². The summed E-state index contributed by atoms with van der Waals surface area (Å²) < 4.78 is 0. The van der Waals surface area contributed by atoms with Gasteiger partial charge in [0.25, 0.3) is 5.91 Å². The van der Waals surface area contributed by atoms with Gasteiger partial charge in [-0.05, 0) is 37.1 Å². The van der Waals surface area contributed by atoms with Crippen molar-refractivity contribution >= 4 is 34.6 Å². The molecule has 154 valence electrons. The predicted octanol–water partition coefficient (Wildman–Crippen LogP) is 3.56. The third-order valence-electron chi connectivity index (χ3n) is 5.14. The van der Waals surface area contributed by atoms with Gasteiger partial charge in [-0.2, -0.15) is 0 Å². The standard InChI is InChI=1S/C22H23ClN6O/c23-16-6-2-1-5-15(16)18-8-7-17(25)21(27-18)22(30)28-19-12-26-10-9-20(19)29-11-3-4-14(24)13-29/h1-2,5-10,12,14H,3-4,11,13,24-25H2,(H,28,30)/t14-/m0/s1. The average molecular weight is 423 g/mol. The third-order valence-corrected chi connectivity index (χ3v) is 5.47. The number of halogens is 1. The molecule has 7 nitrogen and oxygen atoms in total. The van der Waals surface area contributed by atoms with E-state index < -0.39 is 5.91 Å². The third kappa shape index (κ3) is 4.22. The van der Waals surface area contributed by atoms with Gasteiger partial charge in [-0.3, -0.25) is 9.78 Å². The zero-order valence-corrected chi connectivity index (χ0v) is 17.1. The van der Waals surface area contributed by atoms with Crippen molar-refractivity contribution < 1.29 is 4.79 Å². The van der Waals surface area contributed by atoms with Crippen LogP contribution in [0.4, 0.5) is 17.1 Å². The Kier molecular flexibility index (Phi) is 5.83. The minimum atomic E-state index is -0.406. The number of aromatic nitrogens is 2. The number of anilines is 3. The Morgan fingerprint density at radius 3 is 2.83 bits per heavy atom. The molecule has 1 atom stereocenters. The fourth-order valence-electron chi connectivity index (χ4n) is 3.64. The van der Waals surface area contributed by atoms with Crippen LogP contribution >= 0.6 is 11.6 Å². The molecule has 1 amide bonds. The second-order valence-electron chi connectivity index (χ2n) is 7.31. The highest BCUT2D eigenvalue weighted by molar-refractivity contribution is 6.33. The van der Waals surface area contributed by atoms with Gasteiger partial charge < -0.3 is 21.7 Å². The molecule has 1 aliphatic rings. The molecule has 3 heterocycles. The molecule has 0 bridgehead atoms. The maximum atomic E-state index is 13.0. The lowest BCUT2D eigenvalue weighted by molar-refractivity contribution is 0.102. The summed E-state index contributed by atoms with van der Waals surface area (Å²) in [6, 6.07) is 12.7. The van der Waals surface area contributed by atoms with Crippen LogP contribution in [0.2, 0.25) is 5.02 Å². The Bertz CT molecular complexity index is 1070. The molecule has 0 saturated carbocycles. The maximum absolute atomic E-state index is 13.0. The van der Waals surface area contributed by atoms with Crippen LogP contribution < -0.4 is 21.7 Å². The van der Waals surface area contributed by atoms with Crippen LogP contribution in [-0.2, 0) is 0 Å². The molecule has 5 N–H and O–H groups in total. The lowest BCUT2D eigenvalue weighted by Crippen LogP contribution is -2.43. The van der Waals surface area contributed by atoms with E-state index in [0.29, 0.717) is 16.4 Å². The highest BCUT2D eigenvalue weighted by atomic mass is 35.5. The fourth-order valence-corrected chi connectivity index (χ4v) is 3.87. The van der Waals surface area contributed by atoms with Crippen molar-refractivity contribution in [3.8, 4) is 11.3 Å². The van der Waals surface area contributed by atoms with E-state index in [0.717, 1.165) is 37.2 Å². The van der Waals surface area contributed by atoms with Crippen molar-refractivity contribution in [1.29, 1.82) is 0 Å². The minimum absolute atomic E-state index is 0.111. The lowest BCUT2D eigenvalue weighted by atomic mass is 10.1. The van der Waals surface area contributed by atoms with E-state index in [2.05, 4.69) is 20.2 Å². The molecule has 0 spiro atoms. The number of nitrogens with one attached hydrogen (secondary N) is 1. The number of carbonyl (C=O) groups excluding carboxylic acids is 1. The lowest BCUT2D eigenvalue weighted by Gasteiger charge is -2.33. The number of pyridine rings is 2. The fraction of sp³-hybridized carbons (Fsp3) is 0.227. The summed E-state index contributed by atoms with van der Waals surface area (Å²) in [4.78, 5) is 23.9. The molecule has 4 rings (SSSR count). The van der Waals surface area contributed by atoms with Crippen molar-refractivity contribution in [2.45, 2.75) is 18.9 Å². The summed E-state index contributed by atoms with van der Waals surface area (Å²) in [5, 5.41) is 3.47. The largest absolute Gasteiger partial charge is 0.397 e. The van der Waals surface area contributed by atoms with Gasteiger partial charge in [0.15, 0.2) is 5.69 Å². The van der Waals surface area contributed by atoms with Crippen molar-refractivity contribution in [3.63, 3.8) is 0 Å². The second-order valence-corrected chi connectivity index (χ2v) is 7.72. The Balaban J connectivity index is 1.62. The summed E-state index contributed by atoms with van der Waals surface area (Å²) in [6.45, 7) is 1.61. The molecule has 30 heavy (non-hydrogen) atoms. The first-order valence-electron chi connectivity index (χ1n) is 9.80. The van der Waals surface area contributed by atoms with E-state index in [-0.39, 0.29) is 17.4 Å². The SMILES string of the molecule is Nc1ccc(-c2ccccc2Cl)nc1C(=O)Nc1cnccc1N1CCC[C@H](N)C1. The quantitative estimate of drug-likeness (QED) is 0.593. The van der Waals surface area contributed by atoms with Gasteiger partial charge >= 0.3 is 0 Å². The van der Waals surface area contributed by atoms with Crippen molar-refractivity contribution in [2.75, 3.05) is 29.0 Å². The summed E-state index contributed by atoms with van der Waals surface area (Å²) in [7, 11) is 0. The maximum Gasteiger partial charge on any atom is 0.276 e. The van der Waals surface area contributed by atoms with Crippen LogP contribution in [0.1, 0.15) is 23.3 Å². The number of piperidine rings is 1. The van der Waals surface area contributed by atoms with Gasteiger partial charge in [0.2, 0.25) is 0 Å². The minimum Gasteiger partial charge on any atom is -0.397 e. The van der Waals surface area contributed by atoms with Crippen LogP contribution in [-0.4, -0.2) is 35.0 Å². The number of benzene rings is 1. The van der Waals surface area contributed by atoms with Crippen LogP contribution in [0.15, 0.2) is 54.9 Å². The summed E-state index contributed by atoms with van der Waals surface area (Å²) >= 11 is 6.28. The molecule has 3 aromatic rings. The molecule has 1 fully saturated rings. The second kappa shape index (κ2) is 8.69.